The molecule has 0 radical (unpaired) electrons. The van der Waals surface area contributed by atoms with Gasteiger partial charge in [0.05, 0.1) is 25.9 Å². The first-order valence-corrected chi connectivity index (χ1v) is 14.7. The van der Waals surface area contributed by atoms with E-state index in [0.717, 1.165) is 5.56 Å². The lowest BCUT2D eigenvalue weighted by molar-refractivity contribution is -0.165. The van der Waals surface area contributed by atoms with Gasteiger partial charge >= 0.3 is 13.8 Å². The molecule has 1 aromatic carbocycles. The van der Waals surface area contributed by atoms with Crippen LogP contribution in [0.5, 0.6) is 5.88 Å². The molecule has 0 saturated carbocycles. The van der Waals surface area contributed by atoms with Crippen LogP contribution >= 0.6 is 19.4 Å². The summed E-state index contributed by atoms with van der Waals surface area (Å²) in [6.45, 7) is 4.90. The van der Waals surface area contributed by atoms with Crippen molar-refractivity contribution in [3.05, 3.63) is 41.2 Å². The molecule has 3 aromatic rings. The Bertz CT molecular complexity index is 1470. The zero-order chi connectivity index (χ0) is 29.4. The Labute approximate surface area is 240 Å². The van der Waals surface area contributed by atoms with Crippen LogP contribution in [-0.4, -0.2) is 70.2 Å². The standard InChI is InChI=1S/C25H31ClN5O9P/c1-5-35-22-19-21(29-24(27)30-22)28-13-31(19)23-25(3,34-4)20(38-14(2)32)18(39-23)12-37-41(33)36-10-9-17(40-41)15-7-6-8-16(26)11-15/h6-8,11,13,17-18,20,23H,5,9-10,12H2,1-4H3,(H2,27,29,30)/t17-,18+,20+,23+,25+,41+/m0/s1. The fourth-order valence-electron chi connectivity index (χ4n) is 4.96. The number of phosphoric ester groups is 1. The van der Waals surface area contributed by atoms with Crippen molar-refractivity contribution in [2.75, 3.05) is 32.7 Å². The highest BCUT2D eigenvalue weighted by molar-refractivity contribution is 7.48. The molecule has 2 N–H and O–H groups in total. The Balaban J connectivity index is 1.43. The maximum atomic E-state index is 13.5. The molecule has 16 heteroatoms. The van der Waals surface area contributed by atoms with Crippen LogP contribution < -0.4 is 10.5 Å². The van der Waals surface area contributed by atoms with Crippen LogP contribution in [0.1, 0.15) is 45.1 Å². The number of carbonyl (C=O) groups is 1. The summed E-state index contributed by atoms with van der Waals surface area (Å²) in [5.41, 5.74) is 5.97. The van der Waals surface area contributed by atoms with Gasteiger partial charge in [0.15, 0.2) is 23.5 Å². The number of anilines is 1. The third kappa shape index (κ3) is 5.91. The van der Waals surface area contributed by atoms with Gasteiger partial charge in [-0.25, -0.2) is 9.55 Å². The van der Waals surface area contributed by atoms with Gasteiger partial charge < -0.3 is 24.7 Å². The average Bonchev–Trinajstić information content (AvgIpc) is 3.46. The largest absolute Gasteiger partial charge is 0.476 e. The fraction of sp³-hybridized carbons (Fsp3) is 0.520. The Morgan fingerprint density at radius 1 is 1.34 bits per heavy atom. The van der Waals surface area contributed by atoms with Crippen LogP contribution in [0.3, 0.4) is 0 Å². The zero-order valence-corrected chi connectivity index (χ0v) is 24.5. The summed E-state index contributed by atoms with van der Waals surface area (Å²) in [6.07, 6.45) is -1.52. The number of benzene rings is 1. The molecule has 0 unspecified atom stereocenters. The maximum Gasteiger partial charge on any atom is 0.475 e. The molecule has 2 saturated heterocycles. The topological polar surface area (TPSA) is 168 Å². The van der Waals surface area contributed by atoms with Crippen molar-refractivity contribution in [3.63, 3.8) is 0 Å². The molecule has 4 heterocycles. The molecule has 2 aliphatic rings. The van der Waals surface area contributed by atoms with Crippen molar-refractivity contribution < 1.29 is 41.9 Å². The molecule has 2 aliphatic heterocycles. The number of nitrogens with zero attached hydrogens (tertiary/aromatic N) is 4. The minimum Gasteiger partial charge on any atom is -0.476 e. The second kappa shape index (κ2) is 11.8. The summed E-state index contributed by atoms with van der Waals surface area (Å²) in [6, 6.07) is 7.07. The number of nitrogens with two attached hydrogens (primary N) is 1. The van der Waals surface area contributed by atoms with Crippen LogP contribution in [0.2, 0.25) is 5.02 Å². The highest BCUT2D eigenvalue weighted by Gasteiger charge is 2.58. The van der Waals surface area contributed by atoms with Gasteiger partial charge in [-0.2, -0.15) is 9.97 Å². The van der Waals surface area contributed by atoms with Crippen molar-refractivity contribution in [2.24, 2.45) is 0 Å². The van der Waals surface area contributed by atoms with E-state index >= 15 is 0 Å². The van der Waals surface area contributed by atoms with Crippen LogP contribution in [0, 0.1) is 0 Å². The Kier molecular flexibility index (Phi) is 8.53. The summed E-state index contributed by atoms with van der Waals surface area (Å²) >= 11 is 6.12. The number of phosphoric acid groups is 1. The van der Waals surface area contributed by atoms with Gasteiger partial charge in [-0.1, -0.05) is 23.7 Å². The van der Waals surface area contributed by atoms with E-state index < -0.39 is 43.9 Å². The lowest BCUT2D eigenvalue weighted by Gasteiger charge is -2.34. The lowest BCUT2D eigenvalue weighted by atomic mass is 9.95. The molecule has 0 spiro atoms. The third-order valence-corrected chi connectivity index (χ3v) is 8.59. The monoisotopic (exact) mass is 611 g/mol. The van der Waals surface area contributed by atoms with E-state index in [-0.39, 0.29) is 30.7 Å². The normalized spacial score (nSPS) is 30.0. The van der Waals surface area contributed by atoms with Gasteiger partial charge in [0, 0.05) is 25.5 Å². The smallest absolute Gasteiger partial charge is 0.475 e. The first-order chi connectivity index (χ1) is 19.6. The van der Waals surface area contributed by atoms with E-state index in [9.17, 15) is 9.36 Å². The number of rotatable bonds is 9. The number of imidazole rings is 1. The predicted octanol–water partition coefficient (Wildman–Crippen LogP) is 4.00. The molecule has 5 rings (SSSR count). The molecule has 2 fully saturated rings. The summed E-state index contributed by atoms with van der Waals surface area (Å²) in [7, 11) is -2.58. The summed E-state index contributed by atoms with van der Waals surface area (Å²) in [4.78, 5) is 24.9. The number of hydrogen-bond donors (Lipinski definition) is 1. The van der Waals surface area contributed by atoms with Crippen molar-refractivity contribution in [2.45, 2.75) is 57.3 Å². The molecule has 2 aromatic heterocycles. The van der Waals surface area contributed by atoms with E-state index in [0.29, 0.717) is 23.6 Å². The first-order valence-electron chi connectivity index (χ1n) is 12.9. The number of carbonyl (C=O) groups excluding carboxylic acids is 1. The molecular weight excluding hydrogens is 581 g/mol. The van der Waals surface area contributed by atoms with Crippen molar-refractivity contribution in [1.29, 1.82) is 0 Å². The maximum absolute atomic E-state index is 13.5. The van der Waals surface area contributed by atoms with E-state index in [1.807, 2.05) is 6.07 Å². The van der Waals surface area contributed by atoms with Gasteiger partial charge in [-0.15, -0.1) is 0 Å². The quantitative estimate of drug-likeness (QED) is 0.272. The molecule has 0 bridgehead atoms. The summed E-state index contributed by atoms with van der Waals surface area (Å²) in [5.74, 6) is -0.392. The van der Waals surface area contributed by atoms with Crippen molar-refractivity contribution in [3.8, 4) is 5.88 Å². The second-order valence-electron chi connectivity index (χ2n) is 9.60. The van der Waals surface area contributed by atoms with Crippen LogP contribution in [-0.2, 0) is 37.1 Å². The molecule has 14 nitrogen and oxygen atoms in total. The average molecular weight is 612 g/mol. The van der Waals surface area contributed by atoms with Crippen LogP contribution in [0.15, 0.2) is 30.6 Å². The highest BCUT2D eigenvalue weighted by Crippen LogP contribution is 2.57. The number of aromatic nitrogens is 4. The van der Waals surface area contributed by atoms with Crippen molar-refractivity contribution >= 4 is 42.5 Å². The molecular formula is C25H31ClN5O9P. The number of ether oxygens (including phenoxy) is 4. The minimum atomic E-state index is -4.03. The Morgan fingerprint density at radius 2 is 2.15 bits per heavy atom. The molecule has 222 valence electrons. The number of nitrogen functional groups attached to an aromatic ring is 1. The third-order valence-electron chi connectivity index (χ3n) is 6.88. The van der Waals surface area contributed by atoms with E-state index in [1.165, 1.54) is 20.4 Å². The SMILES string of the molecule is CCOc1nc(N)nc2ncn([C@@H]3O[C@H](CO[P@@]4(=O)OCC[C@@H](c5cccc(Cl)c5)O4)[C@@H](OC(C)=O)[C@@]3(C)OC)c12. The van der Waals surface area contributed by atoms with Gasteiger partial charge in [0.1, 0.15) is 18.0 Å². The summed E-state index contributed by atoms with van der Waals surface area (Å²) in [5, 5.41) is 0.523. The number of fused-ring (bicyclic) bond motifs is 1. The summed E-state index contributed by atoms with van der Waals surface area (Å²) < 4.78 is 55.7. The lowest BCUT2D eigenvalue weighted by Crippen LogP contribution is -2.48. The number of hydrogen-bond acceptors (Lipinski definition) is 13. The molecule has 6 atom stereocenters. The van der Waals surface area contributed by atoms with Gasteiger partial charge in [-0.05, 0) is 31.5 Å². The fourth-order valence-corrected chi connectivity index (χ4v) is 6.55. The second-order valence-corrected chi connectivity index (χ2v) is 11.7. The van der Waals surface area contributed by atoms with Gasteiger partial charge in [0.2, 0.25) is 11.8 Å². The molecule has 41 heavy (non-hydrogen) atoms. The molecule has 0 aliphatic carbocycles. The van der Waals surface area contributed by atoms with Crippen LogP contribution in [0.25, 0.3) is 11.2 Å². The number of esters is 1. The minimum absolute atomic E-state index is 0.00891. The Morgan fingerprint density at radius 3 is 2.85 bits per heavy atom. The van der Waals surface area contributed by atoms with Gasteiger partial charge in [-0.3, -0.25) is 22.9 Å². The number of methoxy groups -OCH3 is 1. The number of halogens is 1. The van der Waals surface area contributed by atoms with Gasteiger partial charge in [0.25, 0.3) is 0 Å². The molecule has 0 amide bonds. The van der Waals surface area contributed by atoms with Crippen molar-refractivity contribution in [1.82, 2.24) is 19.5 Å². The van der Waals surface area contributed by atoms with E-state index in [2.05, 4.69) is 15.0 Å². The van der Waals surface area contributed by atoms with Crippen LogP contribution in [0.4, 0.5) is 5.95 Å². The zero-order valence-electron chi connectivity index (χ0n) is 22.9. The highest BCUT2D eigenvalue weighted by atomic mass is 35.5. The Hall–Kier alpha value is -2.84. The van der Waals surface area contributed by atoms with E-state index in [1.54, 1.807) is 36.6 Å². The first kappa shape index (κ1) is 29.6. The van der Waals surface area contributed by atoms with E-state index in [4.69, 9.17) is 49.9 Å². The predicted molar refractivity (Wildman–Crippen MR) is 145 cm³/mol.